The zero-order chi connectivity index (χ0) is 17.7. The first-order valence-corrected chi connectivity index (χ1v) is 9.89. The summed E-state index contributed by atoms with van der Waals surface area (Å²) < 4.78 is 28.2. The van der Waals surface area contributed by atoms with Gasteiger partial charge in [-0.3, -0.25) is 9.10 Å². The lowest BCUT2D eigenvalue weighted by atomic mass is 10.2. The van der Waals surface area contributed by atoms with Gasteiger partial charge in [-0.2, -0.15) is 0 Å². The Morgan fingerprint density at radius 3 is 2.42 bits per heavy atom. The Hall–Kier alpha value is -1.61. The number of benzene rings is 2. The number of halogens is 1. The SMILES string of the molecule is Cc1ccc(S(=O)(=O)N(CCCC(=O)O)c2cccc(I)c2)cc1. The van der Waals surface area contributed by atoms with E-state index in [9.17, 15) is 13.2 Å². The molecule has 2 aromatic carbocycles. The summed E-state index contributed by atoms with van der Waals surface area (Å²) in [6.45, 7) is 2.00. The molecule has 0 saturated carbocycles. The van der Waals surface area contributed by atoms with Gasteiger partial charge in [-0.05, 0) is 66.3 Å². The highest BCUT2D eigenvalue weighted by molar-refractivity contribution is 14.1. The Bertz CT molecular complexity index is 819. The second-order valence-corrected chi connectivity index (χ2v) is 8.48. The largest absolute Gasteiger partial charge is 0.481 e. The van der Waals surface area contributed by atoms with Crippen molar-refractivity contribution < 1.29 is 18.3 Å². The minimum absolute atomic E-state index is 0.0795. The van der Waals surface area contributed by atoms with E-state index in [1.54, 1.807) is 42.5 Å². The van der Waals surface area contributed by atoms with Crippen LogP contribution >= 0.6 is 22.6 Å². The molecule has 2 rings (SSSR count). The molecule has 0 bridgehead atoms. The highest BCUT2D eigenvalue weighted by Gasteiger charge is 2.25. The molecule has 5 nitrogen and oxygen atoms in total. The molecule has 2 aromatic rings. The van der Waals surface area contributed by atoms with Crippen molar-refractivity contribution in [2.75, 3.05) is 10.8 Å². The zero-order valence-corrected chi connectivity index (χ0v) is 16.1. The number of nitrogens with zero attached hydrogens (tertiary/aromatic N) is 1. The van der Waals surface area contributed by atoms with Gasteiger partial charge in [-0.1, -0.05) is 23.8 Å². The molecule has 0 aliphatic heterocycles. The van der Waals surface area contributed by atoms with Crippen molar-refractivity contribution in [3.8, 4) is 0 Å². The van der Waals surface area contributed by atoms with Crippen LogP contribution in [0, 0.1) is 10.5 Å². The summed E-state index contributed by atoms with van der Waals surface area (Å²) in [5.41, 5.74) is 1.51. The average molecular weight is 459 g/mol. The zero-order valence-electron chi connectivity index (χ0n) is 13.1. The van der Waals surface area contributed by atoms with Gasteiger partial charge in [-0.25, -0.2) is 8.42 Å². The molecule has 0 aliphatic carbocycles. The number of sulfonamides is 1. The van der Waals surface area contributed by atoms with Crippen molar-refractivity contribution in [1.82, 2.24) is 0 Å². The maximum atomic E-state index is 13.0. The molecular formula is C17H18INO4S. The van der Waals surface area contributed by atoms with Crippen molar-refractivity contribution in [1.29, 1.82) is 0 Å². The van der Waals surface area contributed by atoms with Gasteiger partial charge in [0.1, 0.15) is 0 Å². The lowest BCUT2D eigenvalue weighted by Crippen LogP contribution is -2.32. The summed E-state index contributed by atoms with van der Waals surface area (Å²) >= 11 is 2.12. The van der Waals surface area contributed by atoms with E-state index in [1.807, 2.05) is 13.0 Å². The van der Waals surface area contributed by atoms with Gasteiger partial charge in [0.2, 0.25) is 0 Å². The van der Waals surface area contributed by atoms with Gasteiger partial charge in [0.25, 0.3) is 10.0 Å². The smallest absolute Gasteiger partial charge is 0.303 e. The molecule has 1 N–H and O–H groups in total. The van der Waals surface area contributed by atoms with Crippen LogP contribution in [0.25, 0.3) is 0 Å². The third-order valence-corrected chi connectivity index (χ3v) is 5.97. The van der Waals surface area contributed by atoms with Crippen LogP contribution in [0.5, 0.6) is 0 Å². The van der Waals surface area contributed by atoms with Crippen molar-refractivity contribution in [2.45, 2.75) is 24.7 Å². The highest BCUT2D eigenvalue weighted by Crippen LogP contribution is 2.26. The summed E-state index contributed by atoms with van der Waals surface area (Å²) in [4.78, 5) is 11.0. The standard InChI is InChI=1S/C17H18INO4S/c1-13-7-9-16(10-8-13)24(22,23)19(11-3-6-17(20)21)15-5-2-4-14(18)12-15/h2,4-5,7-10,12H,3,6,11H2,1H3,(H,20,21). The monoisotopic (exact) mass is 459 g/mol. The molecule has 7 heteroatoms. The van der Waals surface area contributed by atoms with E-state index in [0.717, 1.165) is 9.13 Å². The fourth-order valence-electron chi connectivity index (χ4n) is 2.23. The number of carboxylic acid groups (broad SMARTS) is 1. The minimum Gasteiger partial charge on any atom is -0.481 e. The van der Waals surface area contributed by atoms with E-state index in [1.165, 1.54) is 4.31 Å². The molecule has 0 aliphatic rings. The van der Waals surface area contributed by atoms with Gasteiger partial charge in [0.05, 0.1) is 10.6 Å². The predicted molar refractivity (Wildman–Crippen MR) is 102 cm³/mol. The molecule has 24 heavy (non-hydrogen) atoms. The van der Waals surface area contributed by atoms with E-state index >= 15 is 0 Å². The molecule has 0 radical (unpaired) electrons. The van der Waals surface area contributed by atoms with Crippen LogP contribution in [0.2, 0.25) is 0 Å². The summed E-state index contributed by atoms with van der Waals surface area (Å²) in [7, 11) is -3.75. The number of anilines is 1. The Kier molecular flexibility index (Phi) is 6.22. The molecule has 0 atom stereocenters. The number of carboxylic acids is 1. The molecule has 0 spiro atoms. The molecule has 128 valence electrons. The highest BCUT2D eigenvalue weighted by atomic mass is 127. The summed E-state index contributed by atoms with van der Waals surface area (Å²) in [5, 5.41) is 8.82. The van der Waals surface area contributed by atoms with Gasteiger partial charge >= 0.3 is 5.97 Å². The second kappa shape index (κ2) is 7.98. The number of hydrogen-bond acceptors (Lipinski definition) is 3. The quantitative estimate of drug-likeness (QED) is 0.642. The van der Waals surface area contributed by atoms with Gasteiger partial charge in [0.15, 0.2) is 0 Å². The Balaban J connectivity index is 2.40. The lowest BCUT2D eigenvalue weighted by molar-refractivity contribution is -0.137. The molecule has 0 fully saturated rings. The lowest BCUT2D eigenvalue weighted by Gasteiger charge is -2.24. The Morgan fingerprint density at radius 2 is 1.83 bits per heavy atom. The number of aryl methyl sites for hydroxylation is 1. The number of hydrogen-bond donors (Lipinski definition) is 1. The van der Waals surface area contributed by atoms with Crippen molar-refractivity contribution in [3.05, 3.63) is 57.7 Å². The molecule has 0 amide bonds. The Labute approximate surface area is 155 Å². The van der Waals surface area contributed by atoms with E-state index in [4.69, 9.17) is 5.11 Å². The fraction of sp³-hybridized carbons (Fsp3) is 0.235. The van der Waals surface area contributed by atoms with Crippen LogP contribution in [0.15, 0.2) is 53.4 Å². The maximum Gasteiger partial charge on any atom is 0.303 e. The third kappa shape index (κ3) is 4.70. The van der Waals surface area contributed by atoms with Crippen LogP contribution in [-0.2, 0) is 14.8 Å². The van der Waals surface area contributed by atoms with Crippen LogP contribution < -0.4 is 4.31 Å². The molecule has 0 unspecified atom stereocenters. The predicted octanol–water partition coefficient (Wildman–Crippen LogP) is 3.66. The van der Waals surface area contributed by atoms with Crippen molar-refractivity contribution in [3.63, 3.8) is 0 Å². The van der Waals surface area contributed by atoms with Crippen molar-refractivity contribution in [2.24, 2.45) is 0 Å². The van der Waals surface area contributed by atoms with E-state index < -0.39 is 16.0 Å². The second-order valence-electron chi connectivity index (χ2n) is 5.37. The third-order valence-electron chi connectivity index (χ3n) is 3.46. The summed E-state index contributed by atoms with van der Waals surface area (Å²) in [6, 6.07) is 13.8. The fourth-order valence-corrected chi connectivity index (χ4v) is 4.25. The normalized spacial score (nSPS) is 11.2. The maximum absolute atomic E-state index is 13.0. The van der Waals surface area contributed by atoms with Crippen molar-refractivity contribution >= 4 is 44.3 Å². The molecule has 0 aromatic heterocycles. The summed E-state index contributed by atoms with van der Waals surface area (Å²) in [6.07, 6.45) is 0.162. The van der Waals surface area contributed by atoms with Crippen LogP contribution in [0.4, 0.5) is 5.69 Å². The first-order chi connectivity index (χ1) is 11.3. The van der Waals surface area contributed by atoms with Crippen LogP contribution in [0.1, 0.15) is 18.4 Å². The Morgan fingerprint density at radius 1 is 1.17 bits per heavy atom. The molecule has 0 saturated heterocycles. The van der Waals surface area contributed by atoms with E-state index in [0.29, 0.717) is 5.69 Å². The molecular weight excluding hydrogens is 441 g/mol. The van der Waals surface area contributed by atoms with Crippen LogP contribution in [-0.4, -0.2) is 26.0 Å². The number of aliphatic carboxylic acids is 1. The van der Waals surface area contributed by atoms with Gasteiger partial charge in [-0.15, -0.1) is 0 Å². The molecule has 0 heterocycles. The van der Waals surface area contributed by atoms with Gasteiger partial charge < -0.3 is 5.11 Å². The van der Waals surface area contributed by atoms with Gasteiger partial charge in [0, 0.05) is 16.5 Å². The minimum atomic E-state index is -3.75. The average Bonchev–Trinajstić information content (AvgIpc) is 2.51. The van der Waals surface area contributed by atoms with E-state index in [2.05, 4.69) is 22.6 Å². The first-order valence-electron chi connectivity index (χ1n) is 7.37. The number of carbonyl (C=O) groups is 1. The number of rotatable bonds is 7. The summed E-state index contributed by atoms with van der Waals surface area (Å²) in [5.74, 6) is -0.940. The van der Waals surface area contributed by atoms with Crippen LogP contribution in [0.3, 0.4) is 0 Å². The van der Waals surface area contributed by atoms with E-state index in [-0.39, 0.29) is 24.3 Å². The first kappa shape index (κ1) is 18.7. The topological polar surface area (TPSA) is 74.7 Å².